The van der Waals surface area contributed by atoms with Gasteiger partial charge < -0.3 is 5.32 Å². The summed E-state index contributed by atoms with van der Waals surface area (Å²) in [5.41, 5.74) is 0. The SMILES string of the molecule is CC(C)CC(F)C1CCNC1.Cl. The van der Waals surface area contributed by atoms with Gasteiger partial charge in [0.05, 0.1) is 0 Å². The minimum absolute atomic E-state index is 0. The Kier molecular flexibility index (Phi) is 5.85. The molecule has 1 N–H and O–H groups in total. The number of hydrogen-bond donors (Lipinski definition) is 1. The maximum atomic E-state index is 13.3. The van der Waals surface area contributed by atoms with Crippen LogP contribution in [0.3, 0.4) is 0 Å². The molecular formula is C9H19ClFN. The third-order valence-corrected chi connectivity index (χ3v) is 2.31. The number of alkyl halides is 1. The summed E-state index contributed by atoms with van der Waals surface area (Å²) in [6, 6.07) is 0. The highest BCUT2D eigenvalue weighted by Gasteiger charge is 2.24. The Bertz CT molecular complexity index is 113. The summed E-state index contributed by atoms with van der Waals surface area (Å²) in [4.78, 5) is 0. The Labute approximate surface area is 80.5 Å². The molecule has 1 aliphatic rings. The van der Waals surface area contributed by atoms with Crippen molar-refractivity contribution in [2.75, 3.05) is 13.1 Å². The first-order valence-corrected chi connectivity index (χ1v) is 4.55. The molecule has 0 radical (unpaired) electrons. The van der Waals surface area contributed by atoms with Gasteiger partial charge in [-0.25, -0.2) is 4.39 Å². The maximum absolute atomic E-state index is 13.3. The fourth-order valence-corrected chi connectivity index (χ4v) is 1.63. The van der Waals surface area contributed by atoms with E-state index in [1.807, 2.05) is 0 Å². The lowest BCUT2D eigenvalue weighted by molar-refractivity contribution is 0.205. The van der Waals surface area contributed by atoms with Crippen molar-refractivity contribution in [1.82, 2.24) is 5.32 Å². The van der Waals surface area contributed by atoms with Crippen molar-refractivity contribution in [1.29, 1.82) is 0 Å². The summed E-state index contributed by atoms with van der Waals surface area (Å²) in [6.07, 6.45) is 1.17. The molecule has 0 bridgehead atoms. The molecule has 1 rings (SSSR count). The van der Waals surface area contributed by atoms with Gasteiger partial charge in [0.2, 0.25) is 0 Å². The molecule has 1 fully saturated rings. The summed E-state index contributed by atoms with van der Waals surface area (Å²) in [5.74, 6) is 0.781. The quantitative estimate of drug-likeness (QED) is 0.730. The number of halogens is 2. The van der Waals surface area contributed by atoms with Gasteiger partial charge in [-0.15, -0.1) is 12.4 Å². The van der Waals surface area contributed by atoms with Crippen LogP contribution < -0.4 is 5.32 Å². The molecule has 1 aliphatic heterocycles. The molecule has 3 heteroatoms. The second-order valence-corrected chi connectivity index (χ2v) is 3.90. The van der Waals surface area contributed by atoms with E-state index in [-0.39, 0.29) is 18.3 Å². The first-order chi connectivity index (χ1) is 5.20. The van der Waals surface area contributed by atoms with Gasteiger partial charge in [0, 0.05) is 12.5 Å². The van der Waals surface area contributed by atoms with E-state index in [1.165, 1.54) is 0 Å². The highest BCUT2D eigenvalue weighted by molar-refractivity contribution is 5.85. The Morgan fingerprint density at radius 1 is 1.50 bits per heavy atom. The van der Waals surface area contributed by atoms with Gasteiger partial charge in [-0.3, -0.25) is 0 Å². The van der Waals surface area contributed by atoms with Crippen LogP contribution in [0.5, 0.6) is 0 Å². The van der Waals surface area contributed by atoms with E-state index in [0.29, 0.717) is 5.92 Å². The van der Waals surface area contributed by atoms with E-state index in [1.54, 1.807) is 0 Å². The molecule has 0 aromatic heterocycles. The molecule has 0 saturated carbocycles. The lowest BCUT2D eigenvalue weighted by Gasteiger charge is -2.16. The lowest BCUT2D eigenvalue weighted by atomic mass is 9.95. The molecule has 12 heavy (non-hydrogen) atoms. The predicted molar refractivity (Wildman–Crippen MR) is 52.6 cm³/mol. The van der Waals surface area contributed by atoms with Gasteiger partial charge in [-0.05, 0) is 25.3 Å². The summed E-state index contributed by atoms with van der Waals surface area (Å²) in [7, 11) is 0. The molecular weight excluding hydrogens is 177 g/mol. The first kappa shape index (κ1) is 12.2. The van der Waals surface area contributed by atoms with Crippen molar-refractivity contribution in [3.05, 3.63) is 0 Å². The van der Waals surface area contributed by atoms with Gasteiger partial charge in [0.25, 0.3) is 0 Å². The largest absolute Gasteiger partial charge is 0.316 e. The van der Waals surface area contributed by atoms with Crippen molar-refractivity contribution < 1.29 is 4.39 Å². The molecule has 0 aliphatic carbocycles. The van der Waals surface area contributed by atoms with Crippen molar-refractivity contribution in [2.45, 2.75) is 32.9 Å². The average molecular weight is 196 g/mol. The average Bonchev–Trinajstić information content (AvgIpc) is 2.35. The van der Waals surface area contributed by atoms with Crippen LogP contribution in [0.4, 0.5) is 4.39 Å². The van der Waals surface area contributed by atoms with Crippen LogP contribution in [0.25, 0.3) is 0 Å². The highest BCUT2D eigenvalue weighted by atomic mass is 35.5. The van der Waals surface area contributed by atoms with Crippen LogP contribution in [0.15, 0.2) is 0 Å². The number of hydrogen-bond acceptors (Lipinski definition) is 1. The monoisotopic (exact) mass is 195 g/mol. The highest BCUT2D eigenvalue weighted by Crippen LogP contribution is 2.21. The number of nitrogens with one attached hydrogen (secondary N) is 1. The Morgan fingerprint density at radius 2 is 2.17 bits per heavy atom. The van der Waals surface area contributed by atoms with Crippen LogP contribution in [0.1, 0.15) is 26.7 Å². The summed E-state index contributed by atoms with van der Waals surface area (Å²) < 4.78 is 13.3. The molecule has 74 valence electrons. The second kappa shape index (κ2) is 5.76. The van der Waals surface area contributed by atoms with Gasteiger partial charge >= 0.3 is 0 Å². The zero-order valence-corrected chi connectivity index (χ0v) is 8.66. The van der Waals surface area contributed by atoms with Crippen LogP contribution in [-0.4, -0.2) is 19.3 Å². The molecule has 1 heterocycles. The fraction of sp³-hybridized carbons (Fsp3) is 1.00. The van der Waals surface area contributed by atoms with Crippen molar-refractivity contribution in [3.63, 3.8) is 0 Å². The normalized spacial score (nSPS) is 25.5. The summed E-state index contributed by atoms with van der Waals surface area (Å²) in [5, 5.41) is 3.19. The van der Waals surface area contributed by atoms with Crippen LogP contribution >= 0.6 is 12.4 Å². The van der Waals surface area contributed by atoms with Crippen molar-refractivity contribution in [2.24, 2.45) is 11.8 Å². The van der Waals surface area contributed by atoms with E-state index in [2.05, 4.69) is 19.2 Å². The summed E-state index contributed by atoms with van der Waals surface area (Å²) >= 11 is 0. The second-order valence-electron chi connectivity index (χ2n) is 3.90. The fourth-order valence-electron chi connectivity index (χ4n) is 1.63. The molecule has 0 aromatic carbocycles. The molecule has 2 unspecified atom stereocenters. The van der Waals surface area contributed by atoms with Gasteiger partial charge in [-0.2, -0.15) is 0 Å². The molecule has 0 amide bonds. The van der Waals surface area contributed by atoms with Gasteiger partial charge in [-0.1, -0.05) is 13.8 Å². The minimum Gasteiger partial charge on any atom is -0.316 e. The van der Waals surface area contributed by atoms with Crippen LogP contribution in [0, 0.1) is 11.8 Å². The predicted octanol–water partition coefficient (Wildman–Crippen LogP) is 2.40. The van der Waals surface area contributed by atoms with Crippen LogP contribution in [0.2, 0.25) is 0 Å². The standard InChI is InChI=1S/C9H18FN.ClH/c1-7(2)5-9(10)8-3-4-11-6-8;/h7-9,11H,3-6H2,1-2H3;1H. The maximum Gasteiger partial charge on any atom is 0.104 e. The van der Waals surface area contributed by atoms with Crippen molar-refractivity contribution >= 4 is 12.4 Å². The summed E-state index contributed by atoms with van der Waals surface area (Å²) in [6.45, 7) is 6.04. The molecule has 1 nitrogen and oxygen atoms in total. The van der Waals surface area contributed by atoms with E-state index in [4.69, 9.17) is 0 Å². The Balaban J connectivity index is 0.00000121. The Morgan fingerprint density at radius 3 is 2.58 bits per heavy atom. The van der Waals surface area contributed by atoms with Crippen LogP contribution in [-0.2, 0) is 0 Å². The van der Waals surface area contributed by atoms with Gasteiger partial charge in [0.1, 0.15) is 6.17 Å². The lowest BCUT2D eigenvalue weighted by Crippen LogP contribution is -2.20. The smallest absolute Gasteiger partial charge is 0.104 e. The third-order valence-electron chi connectivity index (χ3n) is 2.31. The van der Waals surface area contributed by atoms with E-state index in [9.17, 15) is 4.39 Å². The topological polar surface area (TPSA) is 12.0 Å². The minimum atomic E-state index is -0.579. The molecule has 0 spiro atoms. The van der Waals surface area contributed by atoms with E-state index >= 15 is 0 Å². The van der Waals surface area contributed by atoms with Gasteiger partial charge in [0.15, 0.2) is 0 Å². The molecule has 0 aromatic rings. The van der Waals surface area contributed by atoms with E-state index in [0.717, 1.165) is 25.9 Å². The molecule has 2 atom stereocenters. The number of rotatable bonds is 3. The van der Waals surface area contributed by atoms with Crippen molar-refractivity contribution in [3.8, 4) is 0 Å². The first-order valence-electron chi connectivity index (χ1n) is 4.55. The molecule has 1 saturated heterocycles. The third kappa shape index (κ3) is 3.72. The zero-order chi connectivity index (χ0) is 8.27. The Hall–Kier alpha value is 0.180. The zero-order valence-electron chi connectivity index (χ0n) is 7.85. The van der Waals surface area contributed by atoms with E-state index < -0.39 is 6.17 Å².